The Morgan fingerprint density at radius 2 is 2.17 bits per heavy atom. The van der Waals surface area contributed by atoms with E-state index in [4.69, 9.17) is 0 Å². The molecule has 3 aromatic rings. The van der Waals surface area contributed by atoms with Gasteiger partial charge in [0.15, 0.2) is 0 Å². The van der Waals surface area contributed by atoms with Crippen LogP contribution in [-0.2, 0) is 0 Å². The molecule has 4 rings (SSSR count). The van der Waals surface area contributed by atoms with E-state index < -0.39 is 0 Å². The Bertz CT molecular complexity index is 855. The Labute approximate surface area is 140 Å². The fourth-order valence-corrected chi connectivity index (χ4v) is 3.05. The Balaban J connectivity index is 1.55. The molecule has 0 bridgehead atoms. The highest BCUT2D eigenvalue weighted by molar-refractivity contribution is 5.82. The summed E-state index contributed by atoms with van der Waals surface area (Å²) in [5, 5.41) is 14.9. The quantitative estimate of drug-likeness (QED) is 0.686. The summed E-state index contributed by atoms with van der Waals surface area (Å²) in [6.45, 7) is 7.12. The number of anilines is 3. The highest BCUT2D eigenvalue weighted by Gasteiger charge is 2.27. The first-order valence-electron chi connectivity index (χ1n) is 8.12. The molecule has 0 amide bonds. The van der Waals surface area contributed by atoms with Gasteiger partial charge in [-0.1, -0.05) is 0 Å². The van der Waals surface area contributed by atoms with Crippen molar-refractivity contribution in [3.05, 3.63) is 36.7 Å². The Hall–Kier alpha value is -2.67. The van der Waals surface area contributed by atoms with Crippen LogP contribution >= 0.6 is 0 Å². The summed E-state index contributed by atoms with van der Waals surface area (Å²) in [5.74, 6) is 1.55. The smallest absolute Gasteiger partial charge is 0.227 e. The SMILES string of the molecule is CC1(C)CN(c2nccc(Nc3ccc4[nH]ncc4c3)n2)CCN1. The van der Waals surface area contributed by atoms with Crippen molar-refractivity contribution in [2.24, 2.45) is 0 Å². The van der Waals surface area contributed by atoms with Gasteiger partial charge in [-0.25, -0.2) is 4.98 Å². The van der Waals surface area contributed by atoms with Crippen molar-refractivity contribution in [3.63, 3.8) is 0 Å². The maximum absolute atomic E-state index is 4.68. The number of aromatic nitrogens is 4. The summed E-state index contributed by atoms with van der Waals surface area (Å²) in [5.41, 5.74) is 2.07. The van der Waals surface area contributed by atoms with Gasteiger partial charge in [-0.2, -0.15) is 10.1 Å². The first-order valence-corrected chi connectivity index (χ1v) is 8.12. The molecule has 1 saturated heterocycles. The lowest BCUT2D eigenvalue weighted by molar-refractivity contribution is 0.350. The van der Waals surface area contributed by atoms with Gasteiger partial charge in [0.25, 0.3) is 0 Å². The average molecular weight is 323 g/mol. The number of rotatable bonds is 3. The predicted molar refractivity (Wildman–Crippen MR) is 95.7 cm³/mol. The zero-order valence-electron chi connectivity index (χ0n) is 13.9. The number of H-pyrrole nitrogens is 1. The van der Waals surface area contributed by atoms with Crippen molar-refractivity contribution in [2.75, 3.05) is 29.9 Å². The predicted octanol–water partition coefficient (Wildman–Crippen LogP) is 2.28. The van der Waals surface area contributed by atoms with Crippen LogP contribution in [-0.4, -0.2) is 45.3 Å². The van der Waals surface area contributed by atoms with E-state index in [1.807, 2.05) is 24.4 Å². The monoisotopic (exact) mass is 323 g/mol. The van der Waals surface area contributed by atoms with Crippen LogP contribution in [0, 0.1) is 0 Å². The van der Waals surface area contributed by atoms with Gasteiger partial charge in [0, 0.05) is 42.4 Å². The topological polar surface area (TPSA) is 81.8 Å². The van der Waals surface area contributed by atoms with Crippen molar-refractivity contribution >= 4 is 28.4 Å². The van der Waals surface area contributed by atoms with Crippen LogP contribution in [0.3, 0.4) is 0 Å². The molecule has 0 aliphatic carbocycles. The molecule has 1 fully saturated rings. The third-order valence-electron chi connectivity index (χ3n) is 4.21. The number of aromatic amines is 1. The van der Waals surface area contributed by atoms with Crippen LogP contribution in [0.25, 0.3) is 10.9 Å². The fourth-order valence-electron chi connectivity index (χ4n) is 3.05. The molecule has 1 aliphatic heterocycles. The molecule has 7 heteroatoms. The lowest BCUT2D eigenvalue weighted by atomic mass is 10.0. The minimum Gasteiger partial charge on any atom is -0.340 e. The van der Waals surface area contributed by atoms with E-state index in [-0.39, 0.29) is 5.54 Å². The van der Waals surface area contributed by atoms with Crippen molar-refractivity contribution in [2.45, 2.75) is 19.4 Å². The first-order chi connectivity index (χ1) is 11.6. The first kappa shape index (κ1) is 14.9. The van der Waals surface area contributed by atoms with E-state index in [9.17, 15) is 0 Å². The molecule has 0 atom stereocenters. The molecule has 1 aromatic carbocycles. The number of piperazine rings is 1. The summed E-state index contributed by atoms with van der Waals surface area (Å²) < 4.78 is 0. The molecule has 7 nitrogen and oxygen atoms in total. The third-order valence-corrected chi connectivity index (χ3v) is 4.21. The van der Waals surface area contributed by atoms with Gasteiger partial charge in [-0.05, 0) is 38.1 Å². The van der Waals surface area contributed by atoms with Crippen molar-refractivity contribution in [1.82, 2.24) is 25.5 Å². The van der Waals surface area contributed by atoms with E-state index in [1.165, 1.54) is 0 Å². The van der Waals surface area contributed by atoms with E-state index in [0.717, 1.165) is 48.0 Å². The van der Waals surface area contributed by atoms with Crippen LogP contribution in [0.1, 0.15) is 13.8 Å². The van der Waals surface area contributed by atoms with Crippen LogP contribution in [0.5, 0.6) is 0 Å². The molecule has 3 N–H and O–H groups in total. The normalized spacial score (nSPS) is 17.2. The van der Waals surface area contributed by atoms with Crippen molar-refractivity contribution in [1.29, 1.82) is 0 Å². The maximum Gasteiger partial charge on any atom is 0.227 e. The van der Waals surface area contributed by atoms with Crippen molar-refractivity contribution in [3.8, 4) is 0 Å². The van der Waals surface area contributed by atoms with Gasteiger partial charge in [0.05, 0.1) is 11.7 Å². The van der Waals surface area contributed by atoms with Gasteiger partial charge in [0.1, 0.15) is 5.82 Å². The summed E-state index contributed by atoms with van der Waals surface area (Å²) in [6, 6.07) is 7.95. The molecule has 0 unspecified atom stereocenters. The van der Waals surface area contributed by atoms with Crippen LogP contribution in [0.2, 0.25) is 0 Å². The molecule has 124 valence electrons. The number of hydrogen-bond acceptors (Lipinski definition) is 6. The van der Waals surface area contributed by atoms with Gasteiger partial charge in [-0.15, -0.1) is 0 Å². The van der Waals surface area contributed by atoms with Crippen LogP contribution < -0.4 is 15.5 Å². The Morgan fingerprint density at radius 1 is 1.25 bits per heavy atom. The molecular formula is C17H21N7. The van der Waals surface area contributed by atoms with Crippen molar-refractivity contribution < 1.29 is 0 Å². The molecule has 0 saturated carbocycles. The third kappa shape index (κ3) is 3.03. The lowest BCUT2D eigenvalue weighted by Gasteiger charge is -2.39. The van der Waals surface area contributed by atoms with E-state index >= 15 is 0 Å². The zero-order chi connectivity index (χ0) is 16.6. The highest BCUT2D eigenvalue weighted by atomic mass is 15.3. The Kier molecular flexibility index (Phi) is 3.57. The molecular weight excluding hydrogens is 302 g/mol. The van der Waals surface area contributed by atoms with Gasteiger partial charge in [0.2, 0.25) is 5.95 Å². The van der Waals surface area contributed by atoms with Crippen LogP contribution in [0.4, 0.5) is 17.5 Å². The Morgan fingerprint density at radius 3 is 3.04 bits per heavy atom. The molecule has 24 heavy (non-hydrogen) atoms. The maximum atomic E-state index is 4.68. The fraction of sp³-hybridized carbons (Fsp3) is 0.353. The second-order valence-electron chi connectivity index (χ2n) is 6.77. The zero-order valence-corrected chi connectivity index (χ0v) is 13.9. The van der Waals surface area contributed by atoms with Gasteiger partial charge in [-0.3, -0.25) is 5.10 Å². The highest BCUT2D eigenvalue weighted by Crippen LogP contribution is 2.22. The molecule has 1 aliphatic rings. The molecule has 0 spiro atoms. The minimum atomic E-state index is 0.0668. The summed E-state index contributed by atoms with van der Waals surface area (Å²) in [6.07, 6.45) is 3.62. The summed E-state index contributed by atoms with van der Waals surface area (Å²) in [4.78, 5) is 11.3. The molecule has 0 radical (unpaired) electrons. The van der Waals surface area contributed by atoms with Gasteiger partial charge < -0.3 is 15.5 Å². The average Bonchev–Trinajstić information content (AvgIpc) is 3.02. The lowest BCUT2D eigenvalue weighted by Crippen LogP contribution is -2.57. The second kappa shape index (κ2) is 5.76. The van der Waals surface area contributed by atoms with E-state index in [1.54, 1.807) is 6.20 Å². The molecule has 3 heterocycles. The van der Waals surface area contributed by atoms with Crippen LogP contribution in [0.15, 0.2) is 36.7 Å². The number of benzene rings is 1. The molecule has 2 aromatic heterocycles. The number of nitrogens with one attached hydrogen (secondary N) is 3. The summed E-state index contributed by atoms with van der Waals surface area (Å²) >= 11 is 0. The standard InChI is InChI=1S/C17H21N7/c1-17(2)11-24(8-7-19-17)16-18-6-5-15(22-16)21-13-3-4-14-12(9-13)10-20-23-14/h3-6,9-10,19H,7-8,11H2,1-2H3,(H,20,23)(H,18,21,22). The van der Waals surface area contributed by atoms with Gasteiger partial charge >= 0.3 is 0 Å². The van der Waals surface area contributed by atoms with E-state index in [0.29, 0.717) is 0 Å². The summed E-state index contributed by atoms with van der Waals surface area (Å²) in [7, 11) is 0. The van der Waals surface area contributed by atoms with E-state index in [2.05, 4.69) is 55.6 Å². The number of hydrogen-bond donors (Lipinski definition) is 3. The minimum absolute atomic E-state index is 0.0668. The largest absolute Gasteiger partial charge is 0.340 e. The second-order valence-corrected chi connectivity index (χ2v) is 6.77. The number of nitrogens with zero attached hydrogens (tertiary/aromatic N) is 4. The number of fused-ring (bicyclic) bond motifs is 1.